The standard InChI is InChI=1S/C35H44FN3O3/c1-35(2,3)29-9-5-26(6-10-29)24-37-17-15-28(16-18-37)34(40)39(25-27-7-12-31(41-4)13-8-27)30-11-14-33(32(36)23-30)38-19-21-42-22-20-38/h5-14,23,28H,15-22,24-25H2,1-4H3. The maximum atomic E-state index is 15.4. The fraction of sp³-hybridized carbons (Fsp3) is 0.457. The van der Waals surface area contributed by atoms with E-state index in [1.807, 2.05) is 35.2 Å². The lowest BCUT2D eigenvalue weighted by atomic mass is 9.86. The molecule has 0 spiro atoms. The van der Waals surface area contributed by atoms with Crippen molar-refractivity contribution >= 4 is 17.3 Å². The number of methoxy groups -OCH3 is 1. The molecule has 2 aliphatic heterocycles. The van der Waals surface area contributed by atoms with Gasteiger partial charge in [0.05, 0.1) is 32.6 Å². The van der Waals surface area contributed by atoms with E-state index in [4.69, 9.17) is 9.47 Å². The molecule has 0 radical (unpaired) electrons. The second-order valence-electron chi connectivity index (χ2n) is 12.5. The van der Waals surface area contributed by atoms with Crippen molar-refractivity contribution in [3.05, 3.63) is 89.2 Å². The molecule has 2 aliphatic rings. The zero-order valence-electron chi connectivity index (χ0n) is 25.4. The van der Waals surface area contributed by atoms with Crippen LogP contribution in [0.25, 0.3) is 0 Å². The van der Waals surface area contributed by atoms with Crippen LogP contribution in [0.3, 0.4) is 0 Å². The third kappa shape index (κ3) is 7.31. The molecule has 2 fully saturated rings. The summed E-state index contributed by atoms with van der Waals surface area (Å²) < 4.78 is 26.2. The molecule has 7 heteroatoms. The van der Waals surface area contributed by atoms with Gasteiger partial charge in [-0.25, -0.2) is 4.39 Å². The van der Waals surface area contributed by atoms with Crippen molar-refractivity contribution in [1.82, 2.24) is 4.90 Å². The molecule has 42 heavy (non-hydrogen) atoms. The number of nitrogens with zero attached hydrogens (tertiary/aromatic N) is 3. The summed E-state index contributed by atoms with van der Waals surface area (Å²) in [5, 5.41) is 0. The Morgan fingerprint density at radius 1 is 0.929 bits per heavy atom. The number of rotatable bonds is 8. The van der Waals surface area contributed by atoms with Gasteiger partial charge in [0.1, 0.15) is 11.6 Å². The van der Waals surface area contributed by atoms with Gasteiger partial charge in [-0.1, -0.05) is 57.2 Å². The molecule has 2 heterocycles. The predicted octanol–water partition coefficient (Wildman–Crippen LogP) is 6.41. The normalized spacial score (nSPS) is 16.8. The first kappa shape index (κ1) is 30.1. The van der Waals surface area contributed by atoms with Crippen LogP contribution in [0.5, 0.6) is 5.75 Å². The average molecular weight is 574 g/mol. The number of carbonyl (C=O) groups is 1. The van der Waals surface area contributed by atoms with E-state index < -0.39 is 0 Å². The smallest absolute Gasteiger partial charge is 0.230 e. The Balaban J connectivity index is 1.29. The van der Waals surface area contributed by atoms with Gasteiger partial charge in [0.15, 0.2) is 0 Å². The maximum Gasteiger partial charge on any atom is 0.230 e. The number of carbonyl (C=O) groups excluding carboxylic acids is 1. The van der Waals surface area contributed by atoms with Gasteiger partial charge in [-0.15, -0.1) is 0 Å². The number of piperidine rings is 1. The van der Waals surface area contributed by atoms with Crippen LogP contribution in [0, 0.1) is 11.7 Å². The lowest BCUT2D eigenvalue weighted by Gasteiger charge is -2.35. The highest BCUT2D eigenvalue weighted by Crippen LogP contribution is 2.31. The molecule has 0 N–H and O–H groups in total. The Morgan fingerprint density at radius 3 is 2.17 bits per heavy atom. The first-order valence-electron chi connectivity index (χ1n) is 15.1. The van der Waals surface area contributed by atoms with Crippen LogP contribution in [-0.4, -0.2) is 57.3 Å². The highest BCUT2D eigenvalue weighted by molar-refractivity contribution is 5.95. The van der Waals surface area contributed by atoms with E-state index >= 15 is 4.39 Å². The molecule has 0 unspecified atom stereocenters. The molecular weight excluding hydrogens is 529 g/mol. The van der Waals surface area contributed by atoms with Gasteiger partial charge in [-0.2, -0.15) is 0 Å². The van der Waals surface area contributed by atoms with Crippen LogP contribution in [0.15, 0.2) is 66.7 Å². The van der Waals surface area contributed by atoms with E-state index in [2.05, 4.69) is 49.9 Å². The quantitative estimate of drug-likeness (QED) is 0.312. The fourth-order valence-electron chi connectivity index (χ4n) is 5.86. The average Bonchev–Trinajstić information content (AvgIpc) is 3.00. The minimum atomic E-state index is -0.311. The summed E-state index contributed by atoms with van der Waals surface area (Å²) in [5.41, 5.74) is 4.89. The van der Waals surface area contributed by atoms with Crippen LogP contribution >= 0.6 is 0 Å². The zero-order chi connectivity index (χ0) is 29.7. The van der Waals surface area contributed by atoms with Crippen LogP contribution in [0.2, 0.25) is 0 Å². The summed E-state index contributed by atoms with van der Waals surface area (Å²) in [5.74, 6) is 0.399. The van der Waals surface area contributed by atoms with E-state index in [1.54, 1.807) is 18.1 Å². The van der Waals surface area contributed by atoms with Crippen LogP contribution in [0.1, 0.15) is 50.3 Å². The molecule has 6 nitrogen and oxygen atoms in total. The molecule has 2 saturated heterocycles. The number of ether oxygens (including phenoxy) is 2. The van der Waals surface area contributed by atoms with Crippen LogP contribution < -0.4 is 14.5 Å². The highest BCUT2D eigenvalue weighted by atomic mass is 19.1. The summed E-state index contributed by atoms with van der Waals surface area (Å²) in [6.07, 6.45) is 1.57. The third-order valence-electron chi connectivity index (χ3n) is 8.52. The highest BCUT2D eigenvalue weighted by Gasteiger charge is 2.30. The second-order valence-corrected chi connectivity index (χ2v) is 12.5. The number of benzene rings is 3. The van der Waals surface area contributed by atoms with Crippen molar-refractivity contribution < 1.29 is 18.7 Å². The topological polar surface area (TPSA) is 45.2 Å². The monoisotopic (exact) mass is 573 g/mol. The van der Waals surface area contributed by atoms with Gasteiger partial charge >= 0.3 is 0 Å². The molecule has 1 amide bonds. The number of hydrogen-bond acceptors (Lipinski definition) is 5. The Morgan fingerprint density at radius 2 is 1.57 bits per heavy atom. The third-order valence-corrected chi connectivity index (χ3v) is 8.52. The second kappa shape index (κ2) is 13.3. The lowest BCUT2D eigenvalue weighted by molar-refractivity contribution is -0.124. The van der Waals surface area contributed by atoms with Crippen LogP contribution in [0.4, 0.5) is 15.8 Å². The molecule has 3 aromatic carbocycles. The van der Waals surface area contributed by atoms with Gasteiger partial charge in [0.2, 0.25) is 5.91 Å². The van der Waals surface area contributed by atoms with Crippen molar-refractivity contribution in [2.45, 2.75) is 52.1 Å². The van der Waals surface area contributed by atoms with E-state index in [1.165, 1.54) is 17.2 Å². The van der Waals surface area contributed by atoms with Gasteiger partial charge in [0.25, 0.3) is 0 Å². The minimum Gasteiger partial charge on any atom is -0.497 e. The number of likely N-dealkylation sites (tertiary alicyclic amines) is 1. The molecule has 224 valence electrons. The first-order valence-corrected chi connectivity index (χ1v) is 15.1. The fourth-order valence-corrected chi connectivity index (χ4v) is 5.86. The largest absolute Gasteiger partial charge is 0.497 e. The van der Waals surface area contributed by atoms with E-state index in [-0.39, 0.29) is 23.1 Å². The maximum absolute atomic E-state index is 15.4. The Kier molecular flexibility index (Phi) is 9.49. The summed E-state index contributed by atoms with van der Waals surface area (Å²) >= 11 is 0. The summed E-state index contributed by atoms with van der Waals surface area (Å²) in [6, 6.07) is 21.8. The number of anilines is 2. The predicted molar refractivity (Wildman–Crippen MR) is 167 cm³/mol. The lowest BCUT2D eigenvalue weighted by Crippen LogP contribution is -2.42. The Hall–Kier alpha value is -3.42. The number of amides is 1. The van der Waals surface area contributed by atoms with E-state index in [0.717, 1.165) is 43.8 Å². The summed E-state index contributed by atoms with van der Waals surface area (Å²) in [6.45, 7) is 12.2. The molecule has 0 aromatic heterocycles. The molecule has 0 aliphatic carbocycles. The molecule has 5 rings (SSSR count). The van der Waals surface area contributed by atoms with Gasteiger partial charge in [-0.05, 0) is 78.4 Å². The number of hydrogen-bond donors (Lipinski definition) is 0. The van der Waals surface area contributed by atoms with Crippen molar-refractivity contribution in [2.75, 3.05) is 56.3 Å². The number of halogens is 1. The molecular formula is C35H44FN3O3. The Bertz CT molecular complexity index is 1320. The van der Waals surface area contributed by atoms with E-state index in [0.29, 0.717) is 44.2 Å². The van der Waals surface area contributed by atoms with Gasteiger partial charge in [0, 0.05) is 31.2 Å². The van der Waals surface area contributed by atoms with Crippen LogP contribution in [-0.2, 0) is 28.0 Å². The summed E-state index contributed by atoms with van der Waals surface area (Å²) in [4.78, 5) is 20.3. The molecule has 0 bridgehead atoms. The van der Waals surface area contributed by atoms with Gasteiger partial charge < -0.3 is 19.3 Å². The van der Waals surface area contributed by atoms with Crippen molar-refractivity contribution in [1.29, 1.82) is 0 Å². The van der Waals surface area contributed by atoms with Crippen molar-refractivity contribution in [3.63, 3.8) is 0 Å². The zero-order valence-corrected chi connectivity index (χ0v) is 25.4. The van der Waals surface area contributed by atoms with Crippen molar-refractivity contribution in [2.24, 2.45) is 5.92 Å². The molecule has 0 atom stereocenters. The first-order chi connectivity index (χ1) is 20.2. The SMILES string of the molecule is COc1ccc(CN(C(=O)C2CCN(Cc3ccc(C(C)(C)C)cc3)CC2)c2ccc(N3CCOCC3)c(F)c2)cc1. The molecule has 3 aromatic rings. The van der Waals surface area contributed by atoms with E-state index in [9.17, 15) is 4.79 Å². The molecule has 0 saturated carbocycles. The van der Waals surface area contributed by atoms with Crippen molar-refractivity contribution in [3.8, 4) is 5.75 Å². The minimum absolute atomic E-state index is 0.0542. The number of morpholine rings is 1. The Labute approximate surface area is 250 Å². The summed E-state index contributed by atoms with van der Waals surface area (Å²) in [7, 11) is 1.64. The van der Waals surface area contributed by atoms with Gasteiger partial charge in [-0.3, -0.25) is 9.69 Å².